The first-order valence-electron chi connectivity index (χ1n) is 10.7. The summed E-state index contributed by atoms with van der Waals surface area (Å²) in [5, 5.41) is 15.3. The topological polar surface area (TPSA) is 97.8 Å². The number of methoxy groups -OCH3 is 1. The van der Waals surface area contributed by atoms with Crippen molar-refractivity contribution in [2.45, 2.75) is 52.0 Å². The van der Waals surface area contributed by atoms with Gasteiger partial charge in [-0.1, -0.05) is 37.3 Å². The number of thiophene rings is 1. The highest BCUT2D eigenvalue weighted by molar-refractivity contribution is 7.21. The van der Waals surface area contributed by atoms with E-state index in [0.29, 0.717) is 17.8 Å². The third-order valence-electron chi connectivity index (χ3n) is 4.92. The van der Waals surface area contributed by atoms with E-state index in [1.807, 2.05) is 36.6 Å². The number of nitrogens with one attached hydrogen (secondary N) is 1. The number of thiazole rings is 1. The number of carbonyl (C=O) groups excluding carboxylic acids is 1. The van der Waals surface area contributed by atoms with E-state index in [1.54, 1.807) is 48.7 Å². The van der Waals surface area contributed by atoms with Crippen molar-refractivity contribution in [3.63, 3.8) is 0 Å². The summed E-state index contributed by atoms with van der Waals surface area (Å²) >= 11 is 3.15. The minimum Gasteiger partial charge on any atom is -0.479 e. The zero-order chi connectivity index (χ0) is 24.0. The van der Waals surface area contributed by atoms with Crippen LogP contribution in [-0.2, 0) is 27.2 Å². The zero-order valence-corrected chi connectivity index (χ0v) is 20.7. The lowest BCUT2D eigenvalue weighted by molar-refractivity contribution is -0.165. The number of ether oxygens (including phenoxy) is 2. The van der Waals surface area contributed by atoms with Gasteiger partial charge in [0.2, 0.25) is 0 Å². The van der Waals surface area contributed by atoms with Gasteiger partial charge in [0, 0.05) is 18.5 Å². The number of carbonyl (C=O) groups is 2. The minimum atomic E-state index is -1.12. The van der Waals surface area contributed by atoms with E-state index in [-0.39, 0.29) is 12.0 Å². The number of carboxylic acids is 1. The Kier molecular flexibility index (Phi) is 8.74. The standard InChI is InChI=1S/C24H28N2O5S2/c1-5-17-19(26-23(33-17)18-7-6-12-32-18)22(27)25-13-15-8-10-16(11-9-15)20(30-4)21(24(28)29)31-14(2)3/h6-12,14,20-21H,5,13H2,1-4H3,(H,25,27)(H,28,29). The molecule has 0 aliphatic carbocycles. The van der Waals surface area contributed by atoms with E-state index in [9.17, 15) is 14.7 Å². The van der Waals surface area contributed by atoms with E-state index < -0.39 is 18.2 Å². The average Bonchev–Trinajstić information content (AvgIpc) is 3.47. The average molecular weight is 489 g/mol. The van der Waals surface area contributed by atoms with Crippen LogP contribution >= 0.6 is 22.7 Å². The van der Waals surface area contributed by atoms with Crippen molar-refractivity contribution in [1.29, 1.82) is 0 Å². The molecule has 176 valence electrons. The summed E-state index contributed by atoms with van der Waals surface area (Å²) in [7, 11) is 1.46. The molecule has 0 bridgehead atoms. The lowest BCUT2D eigenvalue weighted by Crippen LogP contribution is -2.34. The van der Waals surface area contributed by atoms with Crippen molar-refractivity contribution in [2.75, 3.05) is 7.11 Å². The van der Waals surface area contributed by atoms with Crippen LogP contribution in [0.4, 0.5) is 0 Å². The zero-order valence-electron chi connectivity index (χ0n) is 19.0. The van der Waals surface area contributed by atoms with Crippen LogP contribution in [0, 0.1) is 0 Å². The molecule has 33 heavy (non-hydrogen) atoms. The second kappa shape index (κ2) is 11.5. The molecule has 0 aliphatic heterocycles. The maximum Gasteiger partial charge on any atom is 0.335 e. The molecular weight excluding hydrogens is 460 g/mol. The molecule has 0 spiro atoms. The van der Waals surface area contributed by atoms with Gasteiger partial charge in [0.1, 0.15) is 16.8 Å². The highest BCUT2D eigenvalue weighted by Crippen LogP contribution is 2.31. The number of aliphatic carboxylic acids is 1. The van der Waals surface area contributed by atoms with Gasteiger partial charge in [-0.15, -0.1) is 22.7 Å². The van der Waals surface area contributed by atoms with Crippen LogP contribution in [0.15, 0.2) is 41.8 Å². The molecule has 0 saturated heterocycles. The van der Waals surface area contributed by atoms with Crippen LogP contribution in [0.5, 0.6) is 0 Å². The minimum absolute atomic E-state index is 0.207. The fourth-order valence-electron chi connectivity index (χ4n) is 3.35. The van der Waals surface area contributed by atoms with E-state index >= 15 is 0 Å². The second-order valence-corrected chi connectivity index (χ2v) is 9.68. The van der Waals surface area contributed by atoms with Gasteiger partial charge in [0.15, 0.2) is 6.10 Å². The summed E-state index contributed by atoms with van der Waals surface area (Å²) < 4.78 is 11.0. The Labute approximate surface area is 201 Å². The Morgan fingerprint density at radius 1 is 1.18 bits per heavy atom. The lowest BCUT2D eigenvalue weighted by Gasteiger charge is -2.25. The number of rotatable bonds is 11. The number of aryl methyl sites for hydroxylation is 1. The van der Waals surface area contributed by atoms with Gasteiger partial charge in [-0.25, -0.2) is 9.78 Å². The molecule has 0 fully saturated rings. The number of amides is 1. The summed E-state index contributed by atoms with van der Waals surface area (Å²) in [5.41, 5.74) is 2.04. The van der Waals surface area contributed by atoms with Crippen molar-refractivity contribution in [3.8, 4) is 9.88 Å². The molecule has 0 aliphatic rings. The molecule has 7 nitrogen and oxygen atoms in total. The van der Waals surface area contributed by atoms with Gasteiger partial charge >= 0.3 is 5.97 Å². The van der Waals surface area contributed by atoms with Gasteiger partial charge in [-0.3, -0.25) is 4.79 Å². The molecule has 2 aromatic heterocycles. The number of benzene rings is 1. The lowest BCUT2D eigenvalue weighted by atomic mass is 10.0. The Hall–Kier alpha value is -2.59. The fourth-order valence-corrected chi connectivity index (χ4v) is 5.15. The van der Waals surface area contributed by atoms with Gasteiger partial charge in [0.25, 0.3) is 5.91 Å². The third kappa shape index (κ3) is 6.26. The van der Waals surface area contributed by atoms with Crippen molar-refractivity contribution in [3.05, 3.63) is 63.5 Å². The molecular formula is C24H28N2O5S2. The molecule has 0 radical (unpaired) electrons. The van der Waals surface area contributed by atoms with Crippen LogP contribution in [0.25, 0.3) is 9.88 Å². The van der Waals surface area contributed by atoms with E-state index in [0.717, 1.165) is 26.7 Å². The first-order valence-corrected chi connectivity index (χ1v) is 12.3. The summed E-state index contributed by atoms with van der Waals surface area (Å²) in [6.07, 6.45) is -1.37. The first-order chi connectivity index (χ1) is 15.8. The number of aromatic nitrogens is 1. The summed E-state index contributed by atoms with van der Waals surface area (Å²) in [5.74, 6) is -1.29. The van der Waals surface area contributed by atoms with Gasteiger partial charge in [0.05, 0.1) is 11.0 Å². The molecule has 2 unspecified atom stereocenters. The van der Waals surface area contributed by atoms with E-state index in [2.05, 4.69) is 10.3 Å². The summed E-state index contributed by atoms with van der Waals surface area (Å²) in [6.45, 7) is 5.91. The normalized spacial score (nSPS) is 13.1. The summed E-state index contributed by atoms with van der Waals surface area (Å²) in [4.78, 5) is 31.0. The largest absolute Gasteiger partial charge is 0.479 e. The maximum absolute atomic E-state index is 12.8. The van der Waals surface area contributed by atoms with Gasteiger partial charge in [-0.2, -0.15) is 0 Å². The SMILES string of the molecule is CCc1sc(-c2cccs2)nc1C(=O)NCc1ccc(C(OC)C(OC(C)C)C(=O)O)cc1. The van der Waals surface area contributed by atoms with Crippen molar-refractivity contribution in [1.82, 2.24) is 10.3 Å². The van der Waals surface area contributed by atoms with Gasteiger partial charge in [-0.05, 0) is 42.8 Å². The highest BCUT2D eigenvalue weighted by Gasteiger charge is 2.31. The Morgan fingerprint density at radius 2 is 1.91 bits per heavy atom. The number of carboxylic acid groups (broad SMARTS) is 1. The third-order valence-corrected chi connectivity index (χ3v) is 7.16. The maximum atomic E-state index is 12.8. The van der Waals surface area contributed by atoms with Crippen LogP contribution in [0.1, 0.15) is 53.4 Å². The van der Waals surface area contributed by atoms with E-state index in [1.165, 1.54) is 7.11 Å². The molecule has 3 aromatic rings. The number of nitrogens with zero attached hydrogens (tertiary/aromatic N) is 1. The highest BCUT2D eigenvalue weighted by atomic mass is 32.1. The van der Waals surface area contributed by atoms with Crippen molar-refractivity contribution >= 4 is 34.6 Å². The summed E-state index contributed by atoms with van der Waals surface area (Å²) in [6, 6.07) is 11.2. The molecule has 1 amide bonds. The Balaban J connectivity index is 1.68. The quantitative estimate of drug-likeness (QED) is 0.397. The van der Waals surface area contributed by atoms with Crippen molar-refractivity contribution in [2.24, 2.45) is 0 Å². The molecule has 3 rings (SSSR count). The molecule has 1 aromatic carbocycles. The molecule has 2 N–H and O–H groups in total. The predicted octanol–water partition coefficient (Wildman–Crippen LogP) is 4.93. The Bertz CT molecular complexity index is 1060. The van der Waals surface area contributed by atoms with Crippen molar-refractivity contribution < 1.29 is 24.2 Å². The molecule has 2 heterocycles. The molecule has 0 saturated carbocycles. The van der Waals surface area contributed by atoms with E-state index in [4.69, 9.17) is 9.47 Å². The van der Waals surface area contributed by atoms with Crippen LogP contribution in [-0.4, -0.2) is 41.3 Å². The molecule has 9 heteroatoms. The smallest absolute Gasteiger partial charge is 0.335 e. The van der Waals surface area contributed by atoms with Crippen LogP contribution < -0.4 is 5.32 Å². The van der Waals surface area contributed by atoms with Crippen LogP contribution in [0.3, 0.4) is 0 Å². The fraction of sp³-hybridized carbons (Fsp3) is 0.375. The first kappa shape index (κ1) is 25.0. The Morgan fingerprint density at radius 3 is 2.45 bits per heavy atom. The monoisotopic (exact) mass is 488 g/mol. The predicted molar refractivity (Wildman–Crippen MR) is 130 cm³/mol. The number of hydrogen-bond donors (Lipinski definition) is 2. The second-order valence-electron chi connectivity index (χ2n) is 7.65. The number of hydrogen-bond acceptors (Lipinski definition) is 7. The molecule has 2 atom stereocenters. The van der Waals surface area contributed by atoms with Gasteiger partial charge < -0.3 is 19.9 Å². The van der Waals surface area contributed by atoms with Crippen LogP contribution in [0.2, 0.25) is 0 Å².